The summed E-state index contributed by atoms with van der Waals surface area (Å²) in [7, 11) is 3.79. The van der Waals surface area contributed by atoms with E-state index in [1.54, 1.807) is 7.05 Å². The normalized spacial score (nSPS) is 24.4. The maximum absolute atomic E-state index is 12.1. The van der Waals surface area contributed by atoms with Crippen LogP contribution in [0.5, 0.6) is 0 Å². The van der Waals surface area contributed by atoms with Crippen molar-refractivity contribution in [1.82, 2.24) is 19.6 Å². The van der Waals surface area contributed by atoms with Crippen molar-refractivity contribution in [3.63, 3.8) is 0 Å². The lowest BCUT2D eigenvalue weighted by atomic mass is 10.2. The number of amides is 3. The van der Waals surface area contributed by atoms with E-state index in [-0.39, 0.29) is 24.6 Å². The van der Waals surface area contributed by atoms with E-state index < -0.39 is 0 Å². The fraction of sp³-hybridized carbons (Fsp3) is 0.846. The van der Waals surface area contributed by atoms with E-state index in [1.165, 1.54) is 9.80 Å². The first kappa shape index (κ1) is 14.3. The molecule has 0 radical (unpaired) electrons. The first-order valence-corrected chi connectivity index (χ1v) is 7.04. The van der Waals surface area contributed by atoms with Gasteiger partial charge in [-0.3, -0.25) is 9.69 Å². The molecule has 0 aromatic heterocycles. The molecule has 108 valence electrons. The molecule has 0 aromatic rings. The number of hydrogen-bond donors (Lipinski definition) is 0. The minimum Gasteiger partial charge on any atom is -0.318 e. The molecule has 6 heteroatoms. The number of carbonyl (C=O) groups is 2. The average molecular weight is 268 g/mol. The SMILES string of the molecule is CCCC(N1CCN(C)CC1)N1C(=O)CN(C)C1=O. The van der Waals surface area contributed by atoms with E-state index in [2.05, 4.69) is 23.8 Å². The first-order valence-electron chi connectivity index (χ1n) is 7.04. The highest BCUT2D eigenvalue weighted by Crippen LogP contribution is 2.20. The van der Waals surface area contributed by atoms with Gasteiger partial charge in [-0.15, -0.1) is 0 Å². The predicted molar refractivity (Wildman–Crippen MR) is 72.6 cm³/mol. The highest BCUT2D eigenvalue weighted by Gasteiger charge is 2.41. The monoisotopic (exact) mass is 268 g/mol. The molecule has 2 aliphatic rings. The van der Waals surface area contributed by atoms with Crippen molar-refractivity contribution in [3.05, 3.63) is 0 Å². The molecule has 0 bridgehead atoms. The maximum Gasteiger partial charge on any atom is 0.328 e. The zero-order valence-corrected chi connectivity index (χ0v) is 12.1. The second-order valence-electron chi connectivity index (χ2n) is 5.51. The van der Waals surface area contributed by atoms with Crippen LogP contribution in [0.25, 0.3) is 0 Å². The molecule has 0 spiro atoms. The number of urea groups is 1. The van der Waals surface area contributed by atoms with Crippen LogP contribution in [0, 0.1) is 0 Å². The van der Waals surface area contributed by atoms with E-state index in [9.17, 15) is 9.59 Å². The molecule has 0 aliphatic carbocycles. The Morgan fingerprint density at radius 1 is 1.11 bits per heavy atom. The second-order valence-corrected chi connectivity index (χ2v) is 5.51. The Hall–Kier alpha value is -1.14. The van der Waals surface area contributed by atoms with Gasteiger partial charge in [0.05, 0.1) is 6.17 Å². The summed E-state index contributed by atoms with van der Waals surface area (Å²) < 4.78 is 0. The number of likely N-dealkylation sites (N-methyl/N-ethyl adjacent to an activating group) is 2. The van der Waals surface area contributed by atoms with Gasteiger partial charge < -0.3 is 9.80 Å². The molecule has 0 N–H and O–H groups in total. The summed E-state index contributed by atoms with van der Waals surface area (Å²) in [6.45, 7) is 6.13. The smallest absolute Gasteiger partial charge is 0.318 e. The Balaban J connectivity index is 2.11. The minimum absolute atomic E-state index is 0.0649. The van der Waals surface area contributed by atoms with Crippen LogP contribution >= 0.6 is 0 Å². The van der Waals surface area contributed by atoms with Gasteiger partial charge in [-0.2, -0.15) is 0 Å². The number of piperazine rings is 1. The molecule has 1 unspecified atom stereocenters. The van der Waals surface area contributed by atoms with Crippen molar-refractivity contribution in [2.45, 2.75) is 25.9 Å². The lowest BCUT2D eigenvalue weighted by Gasteiger charge is -2.40. The molecule has 2 heterocycles. The molecule has 2 saturated heterocycles. The molecule has 2 aliphatic heterocycles. The second kappa shape index (κ2) is 5.88. The summed E-state index contributed by atoms with van der Waals surface area (Å²) in [5, 5.41) is 0. The van der Waals surface area contributed by atoms with E-state index in [0.717, 1.165) is 39.0 Å². The topological polar surface area (TPSA) is 47.1 Å². The Bertz CT molecular complexity index is 353. The largest absolute Gasteiger partial charge is 0.328 e. The molecular formula is C13H24N4O2. The number of imide groups is 1. The average Bonchev–Trinajstić information content (AvgIpc) is 2.62. The van der Waals surface area contributed by atoms with Gasteiger partial charge in [0.1, 0.15) is 6.54 Å². The van der Waals surface area contributed by atoms with Crippen molar-refractivity contribution in [3.8, 4) is 0 Å². The van der Waals surface area contributed by atoms with Gasteiger partial charge in [0.15, 0.2) is 0 Å². The molecule has 19 heavy (non-hydrogen) atoms. The van der Waals surface area contributed by atoms with E-state index in [4.69, 9.17) is 0 Å². The zero-order valence-electron chi connectivity index (χ0n) is 12.1. The van der Waals surface area contributed by atoms with Gasteiger partial charge in [0.2, 0.25) is 0 Å². The quantitative estimate of drug-likeness (QED) is 0.686. The van der Waals surface area contributed by atoms with Crippen molar-refractivity contribution >= 4 is 11.9 Å². The fourth-order valence-corrected chi connectivity index (χ4v) is 2.78. The van der Waals surface area contributed by atoms with Crippen LogP contribution in [0.3, 0.4) is 0 Å². The van der Waals surface area contributed by atoms with Crippen molar-refractivity contribution in [1.29, 1.82) is 0 Å². The van der Waals surface area contributed by atoms with Crippen LogP contribution in [-0.2, 0) is 4.79 Å². The van der Waals surface area contributed by atoms with Crippen LogP contribution in [0.1, 0.15) is 19.8 Å². The molecule has 2 fully saturated rings. The highest BCUT2D eigenvalue weighted by atomic mass is 16.2. The predicted octanol–water partition coefficient (Wildman–Crippen LogP) is 0.254. The van der Waals surface area contributed by atoms with E-state index in [0.29, 0.717) is 0 Å². The number of carbonyl (C=O) groups excluding carboxylic acids is 2. The molecule has 0 aromatic carbocycles. The Labute approximate surface area is 114 Å². The fourth-order valence-electron chi connectivity index (χ4n) is 2.78. The molecule has 6 nitrogen and oxygen atoms in total. The summed E-state index contributed by atoms with van der Waals surface area (Å²) >= 11 is 0. The molecule has 3 amide bonds. The van der Waals surface area contributed by atoms with Crippen LogP contribution in [0.2, 0.25) is 0 Å². The van der Waals surface area contributed by atoms with Crippen LogP contribution in [0.15, 0.2) is 0 Å². The highest BCUT2D eigenvalue weighted by molar-refractivity contribution is 6.02. The summed E-state index contributed by atoms with van der Waals surface area (Å²) in [5.74, 6) is -0.0649. The summed E-state index contributed by atoms with van der Waals surface area (Å²) in [5.41, 5.74) is 0. The zero-order chi connectivity index (χ0) is 14.0. The van der Waals surface area contributed by atoms with E-state index in [1.807, 2.05) is 0 Å². The minimum atomic E-state index is -0.151. The number of hydrogen-bond acceptors (Lipinski definition) is 4. The standard InChI is InChI=1S/C13H24N4O2/c1-4-5-11(16-8-6-14(2)7-9-16)17-12(18)10-15(3)13(17)19/h11H,4-10H2,1-3H3. The van der Waals surface area contributed by atoms with E-state index >= 15 is 0 Å². The van der Waals surface area contributed by atoms with Gasteiger partial charge in [-0.05, 0) is 13.5 Å². The Morgan fingerprint density at radius 2 is 1.74 bits per heavy atom. The van der Waals surface area contributed by atoms with Gasteiger partial charge in [0, 0.05) is 33.2 Å². The Morgan fingerprint density at radius 3 is 2.21 bits per heavy atom. The van der Waals surface area contributed by atoms with Gasteiger partial charge >= 0.3 is 6.03 Å². The lowest BCUT2D eigenvalue weighted by Crippen LogP contribution is -2.56. The van der Waals surface area contributed by atoms with Crippen molar-refractivity contribution < 1.29 is 9.59 Å². The number of nitrogens with zero attached hydrogens (tertiary/aromatic N) is 4. The van der Waals surface area contributed by atoms with Crippen LogP contribution in [-0.4, -0.2) is 84.5 Å². The third-order valence-electron chi connectivity index (χ3n) is 3.98. The van der Waals surface area contributed by atoms with Crippen molar-refractivity contribution in [2.75, 3.05) is 46.8 Å². The van der Waals surface area contributed by atoms with Gasteiger partial charge in [0.25, 0.3) is 5.91 Å². The first-order chi connectivity index (χ1) is 9.04. The maximum atomic E-state index is 12.1. The molecule has 1 atom stereocenters. The molecular weight excluding hydrogens is 244 g/mol. The third-order valence-corrected chi connectivity index (χ3v) is 3.98. The lowest BCUT2D eigenvalue weighted by molar-refractivity contribution is -0.130. The summed E-state index contributed by atoms with van der Waals surface area (Å²) in [6, 6.07) is -0.151. The van der Waals surface area contributed by atoms with Gasteiger partial charge in [-0.25, -0.2) is 9.69 Å². The van der Waals surface area contributed by atoms with Crippen molar-refractivity contribution in [2.24, 2.45) is 0 Å². The van der Waals surface area contributed by atoms with Gasteiger partial charge in [-0.1, -0.05) is 13.3 Å². The number of rotatable bonds is 4. The Kier molecular flexibility index (Phi) is 4.42. The van der Waals surface area contributed by atoms with Crippen LogP contribution in [0.4, 0.5) is 4.79 Å². The third kappa shape index (κ3) is 2.90. The molecule has 0 saturated carbocycles. The van der Waals surface area contributed by atoms with Crippen LogP contribution < -0.4 is 0 Å². The summed E-state index contributed by atoms with van der Waals surface area (Å²) in [4.78, 5) is 31.7. The molecule has 2 rings (SSSR count). The summed E-state index contributed by atoms with van der Waals surface area (Å²) in [6.07, 6.45) is 1.76.